The molecule has 0 bridgehead atoms. The Morgan fingerprint density at radius 3 is 2.64 bits per heavy atom. The monoisotopic (exact) mass is 345 g/mol. The molecule has 0 spiro atoms. The van der Waals surface area contributed by atoms with E-state index in [0.29, 0.717) is 30.2 Å². The predicted molar refractivity (Wildman–Crippen MR) is 102 cm³/mol. The van der Waals surface area contributed by atoms with Crippen molar-refractivity contribution in [1.29, 1.82) is 0 Å². The number of piperidine rings is 1. The van der Waals surface area contributed by atoms with E-state index in [0.717, 1.165) is 31.5 Å². The van der Waals surface area contributed by atoms with E-state index < -0.39 is 0 Å². The van der Waals surface area contributed by atoms with Gasteiger partial charge in [0.1, 0.15) is 0 Å². The van der Waals surface area contributed by atoms with E-state index in [1.54, 1.807) is 6.07 Å². The average Bonchev–Trinajstić information content (AvgIpc) is 2.58. The van der Waals surface area contributed by atoms with Crippen molar-refractivity contribution in [2.75, 3.05) is 33.8 Å². The van der Waals surface area contributed by atoms with Gasteiger partial charge in [0.25, 0.3) is 11.9 Å². The molecule has 1 aromatic rings. The van der Waals surface area contributed by atoms with Gasteiger partial charge in [0, 0.05) is 18.7 Å². The summed E-state index contributed by atoms with van der Waals surface area (Å²) in [5, 5.41) is 0. The number of amidine groups is 1. The molecule has 5 nitrogen and oxygen atoms in total. The summed E-state index contributed by atoms with van der Waals surface area (Å²) in [6, 6.07) is 8.31. The van der Waals surface area contributed by atoms with E-state index in [-0.39, 0.29) is 5.91 Å². The molecule has 1 amide bonds. The zero-order valence-corrected chi connectivity index (χ0v) is 16.2. The third-order valence-electron chi connectivity index (χ3n) is 4.55. The van der Waals surface area contributed by atoms with Crippen molar-refractivity contribution >= 4 is 11.9 Å². The summed E-state index contributed by atoms with van der Waals surface area (Å²) in [4.78, 5) is 21.3. The Morgan fingerprint density at radius 2 is 2.04 bits per heavy atom. The summed E-state index contributed by atoms with van der Waals surface area (Å²) >= 11 is 0. The van der Waals surface area contributed by atoms with Gasteiger partial charge >= 0.3 is 0 Å². The lowest BCUT2D eigenvalue weighted by atomic mass is 10.0. The van der Waals surface area contributed by atoms with Gasteiger partial charge in [-0.05, 0) is 58.0 Å². The SMILES string of the molecule is Cc1cccc(C(=O)N=C(OCC(C)C)N(C)C2CCN(C)CC2)c1. The van der Waals surface area contributed by atoms with Gasteiger partial charge in [0.2, 0.25) is 0 Å². The Hall–Kier alpha value is -1.88. The number of amides is 1. The van der Waals surface area contributed by atoms with E-state index in [9.17, 15) is 4.79 Å². The van der Waals surface area contributed by atoms with E-state index in [1.807, 2.05) is 37.1 Å². The van der Waals surface area contributed by atoms with Crippen molar-refractivity contribution in [3.8, 4) is 0 Å². The molecule has 1 aromatic carbocycles. The van der Waals surface area contributed by atoms with Gasteiger partial charge in [-0.15, -0.1) is 0 Å². The van der Waals surface area contributed by atoms with Crippen molar-refractivity contribution in [2.24, 2.45) is 10.9 Å². The second-order valence-electron chi connectivity index (χ2n) is 7.42. The molecule has 25 heavy (non-hydrogen) atoms. The zero-order valence-electron chi connectivity index (χ0n) is 16.2. The number of likely N-dealkylation sites (tertiary alicyclic amines) is 1. The maximum absolute atomic E-state index is 12.6. The zero-order chi connectivity index (χ0) is 18.4. The fraction of sp³-hybridized carbons (Fsp3) is 0.600. The minimum absolute atomic E-state index is 0.248. The van der Waals surface area contributed by atoms with Crippen molar-refractivity contribution in [3.05, 3.63) is 35.4 Å². The first-order valence-electron chi connectivity index (χ1n) is 9.10. The van der Waals surface area contributed by atoms with Crippen LogP contribution < -0.4 is 0 Å². The lowest BCUT2D eigenvalue weighted by Gasteiger charge is -2.36. The third kappa shape index (κ3) is 5.85. The smallest absolute Gasteiger partial charge is 0.295 e. The summed E-state index contributed by atoms with van der Waals surface area (Å²) in [5.41, 5.74) is 1.65. The largest absolute Gasteiger partial charge is 0.465 e. The van der Waals surface area contributed by atoms with Crippen molar-refractivity contribution < 1.29 is 9.53 Å². The minimum Gasteiger partial charge on any atom is -0.465 e. The van der Waals surface area contributed by atoms with E-state index >= 15 is 0 Å². The summed E-state index contributed by atoms with van der Waals surface area (Å²) in [7, 11) is 4.13. The second kappa shape index (κ2) is 8.99. The lowest BCUT2D eigenvalue weighted by Crippen LogP contribution is -2.45. The van der Waals surface area contributed by atoms with Crippen LogP contribution in [0.4, 0.5) is 0 Å². The molecule has 138 valence electrons. The number of hydrogen-bond acceptors (Lipinski definition) is 3. The Kier molecular flexibility index (Phi) is 7.00. The summed E-state index contributed by atoms with van der Waals surface area (Å²) in [5.74, 6) is 0.132. The maximum atomic E-state index is 12.6. The van der Waals surface area contributed by atoms with Crippen molar-refractivity contribution in [1.82, 2.24) is 9.80 Å². The lowest BCUT2D eigenvalue weighted by molar-refractivity contribution is 0.0985. The van der Waals surface area contributed by atoms with Crippen LogP contribution in [0.3, 0.4) is 0 Å². The molecule has 1 fully saturated rings. The predicted octanol–water partition coefficient (Wildman–Crippen LogP) is 3.19. The van der Waals surface area contributed by atoms with Crippen molar-refractivity contribution in [2.45, 2.75) is 39.7 Å². The van der Waals surface area contributed by atoms with Gasteiger partial charge in [-0.1, -0.05) is 31.5 Å². The minimum atomic E-state index is -0.248. The van der Waals surface area contributed by atoms with Crippen LogP contribution in [-0.4, -0.2) is 61.6 Å². The normalized spacial score (nSPS) is 17.0. The number of aryl methyl sites for hydroxylation is 1. The first-order valence-corrected chi connectivity index (χ1v) is 9.10. The molecule has 5 heteroatoms. The highest BCUT2D eigenvalue weighted by molar-refractivity contribution is 6.01. The fourth-order valence-corrected chi connectivity index (χ4v) is 2.92. The topological polar surface area (TPSA) is 45.1 Å². The van der Waals surface area contributed by atoms with Crippen LogP contribution in [0.1, 0.15) is 42.6 Å². The van der Waals surface area contributed by atoms with Crippen molar-refractivity contribution in [3.63, 3.8) is 0 Å². The molecule has 1 aliphatic rings. The molecule has 0 atom stereocenters. The maximum Gasteiger partial charge on any atom is 0.295 e. The second-order valence-corrected chi connectivity index (χ2v) is 7.42. The van der Waals surface area contributed by atoms with Crippen LogP contribution in [0.25, 0.3) is 0 Å². The molecule has 1 saturated heterocycles. The Labute approximate surface area is 151 Å². The first kappa shape index (κ1) is 19.4. The van der Waals surface area contributed by atoms with E-state index in [4.69, 9.17) is 4.74 Å². The Bertz CT molecular complexity index is 605. The number of hydrogen-bond donors (Lipinski definition) is 0. The van der Waals surface area contributed by atoms with Gasteiger partial charge in [0.05, 0.1) is 6.61 Å². The van der Waals surface area contributed by atoms with Gasteiger partial charge in [0.15, 0.2) is 0 Å². The van der Waals surface area contributed by atoms with E-state index in [1.165, 1.54) is 0 Å². The van der Waals surface area contributed by atoms with Gasteiger partial charge < -0.3 is 14.5 Å². The molecule has 0 radical (unpaired) electrons. The molecule has 0 unspecified atom stereocenters. The number of carbonyl (C=O) groups excluding carboxylic acids is 1. The van der Waals surface area contributed by atoms with Crippen LogP contribution in [-0.2, 0) is 4.74 Å². The standard InChI is InChI=1S/C20H31N3O2/c1-15(2)14-25-20(23(5)18-9-11-22(4)12-10-18)21-19(24)17-8-6-7-16(3)13-17/h6-8,13,15,18H,9-12,14H2,1-5H3. The number of rotatable bonds is 4. The number of aliphatic imine (C=N–C) groups is 1. The number of benzene rings is 1. The van der Waals surface area contributed by atoms with Crippen LogP contribution in [0.5, 0.6) is 0 Å². The molecular formula is C20H31N3O2. The summed E-state index contributed by atoms with van der Waals surface area (Å²) < 4.78 is 5.91. The van der Waals surface area contributed by atoms with Gasteiger partial charge in [-0.3, -0.25) is 4.79 Å². The fourth-order valence-electron chi connectivity index (χ4n) is 2.92. The average molecular weight is 345 g/mol. The molecular weight excluding hydrogens is 314 g/mol. The van der Waals surface area contributed by atoms with Crippen LogP contribution >= 0.6 is 0 Å². The molecule has 1 heterocycles. The van der Waals surface area contributed by atoms with Gasteiger partial charge in [-0.2, -0.15) is 4.99 Å². The number of nitrogens with zero attached hydrogens (tertiary/aromatic N) is 3. The van der Waals surface area contributed by atoms with Crippen LogP contribution in [0, 0.1) is 12.8 Å². The molecule has 2 rings (SSSR count). The molecule has 0 aliphatic carbocycles. The van der Waals surface area contributed by atoms with Crippen LogP contribution in [0.15, 0.2) is 29.3 Å². The number of ether oxygens (including phenoxy) is 1. The molecule has 0 saturated carbocycles. The highest BCUT2D eigenvalue weighted by Crippen LogP contribution is 2.16. The highest BCUT2D eigenvalue weighted by Gasteiger charge is 2.25. The first-order chi connectivity index (χ1) is 11.9. The Balaban J connectivity index is 2.17. The summed E-state index contributed by atoms with van der Waals surface area (Å²) in [6.07, 6.45) is 2.10. The summed E-state index contributed by atoms with van der Waals surface area (Å²) in [6.45, 7) is 8.82. The molecule has 0 N–H and O–H groups in total. The quantitative estimate of drug-likeness (QED) is 0.621. The highest BCUT2D eigenvalue weighted by atomic mass is 16.5. The van der Waals surface area contributed by atoms with Gasteiger partial charge in [-0.25, -0.2) is 0 Å². The molecule has 1 aliphatic heterocycles. The Morgan fingerprint density at radius 1 is 1.36 bits per heavy atom. The third-order valence-corrected chi connectivity index (χ3v) is 4.55. The van der Waals surface area contributed by atoms with E-state index in [2.05, 4.69) is 30.8 Å². The van der Waals surface area contributed by atoms with Crippen LogP contribution in [0.2, 0.25) is 0 Å². The number of carbonyl (C=O) groups is 1. The molecule has 0 aromatic heterocycles.